The minimum Gasteiger partial charge on any atom is -0.506 e. The second-order valence-corrected chi connectivity index (χ2v) is 7.65. The van der Waals surface area contributed by atoms with Crippen molar-refractivity contribution in [1.82, 2.24) is 0 Å². The molecule has 0 aliphatic heterocycles. The zero-order valence-corrected chi connectivity index (χ0v) is 15.2. The van der Waals surface area contributed by atoms with Crippen LogP contribution in [0.5, 0.6) is 5.75 Å². The monoisotopic (exact) mass is 367 g/mol. The Morgan fingerprint density at radius 2 is 1.88 bits per heavy atom. The third-order valence-corrected chi connectivity index (χ3v) is 4.91. The summed E-state index contributed by atoms with van der Waals surface area (Å²) in [7, 11) is -3.58. The van der Waals surface area contributed by atoms with Gasteiger partial charge in [0.1, 0.15) is 12.2 Å². The Kier molecular flexibility index (Phi) is 8.78. The zero-order valence-electron chi connectivity index (χ0n) is 14.4. The highest BCUT2D eigenvalue weighted by Crippen LogP contribution is 2.28. The Balaban J connectivity index is 2.61. The first-order valence-corrected chi connectivity index (χ1v) is 10.0. The number of nitrogens with zero attached hydrogens (tertiary/aromatic N) is 1. The van der Waals surface area contributed by atoms with Crippen LogP contribution in [0.25, 0.3) is 0 Å². The van der Waals surface area contributed by atoms with Crippen molar-refractivity contribution in [3.63, 3.8) is 0 Å². The lowest BCUT2D eigenvalue weighted by molar-refractivity contribution is -0.115. The Bertz CT molecular complexity index is 711. The molecule has 0 saturated heterocycles. The predicted molar refractivity (Wildman–Crippen MR) is 97.8 cm³/mol. The van der Waals surface area contributed by atoms with Crippen LogP contribution < -0.4 is 10.0 Å². The summed E-state index contributed by atoms with van der Waals surface area (Å²) in [6.45, 7) is 2.12. The van der Waals surface area contributed by atoms with E-state index in [0.717, 1.165) is 32.1 Å². The Hall–Kier alpha value is -2.27. The van der Waals surface area contributed by atoms with E-state index in [0.29, 0.717) is 12.1 Å². The summed E-state index contributed by atoms with van der Waals surface area (Å²) in [4.78, 5) is 11.4. The lowest BCUT2D eigenvalue weighted by Crippen LogP contribution is -2.17. The van der Waals surface area contributed by atoms with E-state index >= 15 is 0 Å². The number of aromatic hydroxyl groups is 1. The number of carbonyl (C=O) groups excluding carboxylic acids is 1. The molecule has 25 heavy (non-hydrogen) atoms. The average molecular weight is 367 g/mol. The highest BCUT2D eigenvalue weighted by molar-refractivity contribution is 7.92. The molecule has 7 nitrogen and oxygen atoms in total. The molecule has 0 unspecified atom stereocenters. The molecule has 0 fully saturated rings. The number of nitrogens with one attached hydrogen (secondary N) is 2. The van der Waals surface area contributed by atoms with Gasteiger partial charge in [0.15, 0.2) is 0 Å². The van der Waals surface area contributed by atoms with Gasteiger partial charge in [-0.25, -0.2) is 8.42 Å². The Labute approximate surface area is 149 Å². The maximum Gasteiger partial charge on any atom is 0.238 e. The van der Waals surface area contributed by atoms with Gasteiger partial charge in [0, 0.05) is 5.69 Å². The van der Waals surface area contributed by atoms with Gasteiger partial charge >= 0.3 is 0 Å². The fourth-order valence-corrected chi connectivity index (χ4v) is 3.45. The van der Waals surface area contributed by atoms with Gasteiger partial charge in [-0.3, -0.25) is 9.52 Å². The maximum atomic E-state index is 12.1. The Morgan fingerprint density at radius 1 is 1.20 bits per heavy atom. The number of phenols is 1. The highest BCUT2D eigenvalue weighted by atomic mass is 32.2. The number of hydrogen-bond acceptors (Lipinski definition) is 5. The number of amides is 1. The minimum absolute atomic E-state index is 0.000686. The van der Waals surface area contributed by atoms with E-state index in [9.17, 15) is 18.3 Å². The number of hydrogen-bond donors (Lipinski definition) is 3. The summed E-state index contributed by atoms with van der Waals surface area (Å²) >= 11 is 0. The number of nitriles is 1. The standard InChI is InChI=1S/C17H25N3O4S/c1-2-3-4-5-6-7-12-25(23,24)20-15-13-14(8-9-16(15)21)19-17(22)10-11-18/h8-9,13,20-21H,2-7,10,12H2,1H3,(H,19,22). The lowest BCUT2D eigenvalue weighted by Gasteiger charge is -2.11. The van der Waals surface area contributed by atoms with Crippen LogP contribution in [0.4, 0.5) is 11.4 Å². The summed E-state index contributed by atoms with van der Waals surface area (Å²) in [6, 6.07) is 5.75. The van der Waals surface area contributed by atoms with Gasteiger partial charge in [0.05, 0.1) is 17.5 Å². The highest BCUT2D eigenvalue weighted by Gasteiger charge is 2.14. The smallest absolute Gasteiger partial charge is 0.238 e. The van der Waals surface area contributed by atoms with E-state index in [1.807, 2.05) is 0 Å². The first kappa shape index (κ1) is 20.8. The average Bonchev–Trinajstić information content (AvgIpc) is 2.54. The van der Waals surface area contributed by atoms with E-state index in [2.05, 4.69) is 17.0 Å². The van der Waals surface area contributed by atoms with Gasteiger partial charge in [-0.05, 0) is 24.6 Å². The quantitative estimate of drug-likeness (QED) is 0.315. The molecule has 1 amide bonds. The van der Waals surface area contributed by atoms with Crippen molar-refractivity contribution in [2.24, 2.45) is 0 Å². The number of phenolic OH excluding ortho intramolecular Hbond substituents is 1. The molecule has 0 aromatic heterocycles. The van der Waals surface area contributed by atoms with Crippen LogP contribution in [-0.2, 0) is 14.8 Å². The minimum atomic E-state index is -3.58. The normalized spacial score (nSPS) is 10.9. The molecule has 8 heteroatoms. The number of anilines is 2. The zero-order chi connectivity index (χ0) is 18.7. The summed E-state index contributed by atoms with van der Waals surface area (Å²) in [5.41, 5.74) is 0.302. The summed E-state index contributed by atoms with van der Waals surface area (Å²) in [5, 5.41) is 20.7. The molecular formula is C17H25N3O4S. The number of rotatable bonds is 11. The van der Waals surface area contributed by atoms with Crippen LogP contribution >= 0.6 is 0 Å². The molecule has 1 aromatic rings. The third kappa shape index (κ3) is 8.40. The number of carbonyl (C=O) groups is 1. The van der Waals surface area contributed by atoms with Crippen molar-refractivity contribution < 1.29 is 18.3 Å². The molecule has 0 heterocycles. The van der Waals surface area contributed by atoms with Crippen molar-refractivity contribution in [1.29, 1.82) is 5.26 Å². The van der Waals surface area contributed by atoms with E-state index in [1.165, 1.54) is 18.2 Å². The molecule has 1 aromatic carbocycles. The molecule has 0 atom stereocenters. The maximum absolute atomic E-state index is 12.1. The van der Waals surface area contributed by atoms with E-state index < -0.39 is 15.9 Å². The van der Waals surface area contributed by atoms with Crippen LogP contribution in [0.1, 0.15) is 51.9 Å². The Morgan fingerprint density at radius 3 is 2.56 bits per heavy atom. The van der Waals surface area contributed by atoms with Gasteiger partial charge in [-0.2, -0.15) is 5.26 Å². The molecule has 0 saturated carbocycles. The van der Waals surface area contributed by atoms with Crippen molar-refractivity contribution in [3.8, 4) is 11.8 Å². The second-order valence-electron chi connectivity index (χ2n) is 5.80. The molecule has 0 radical (unpaired) electrons. The SMILES string of the molecule is CCCCCCCCS(=O)(=O)Nc1cc(NC(=O)CC#N)ccc1O. The first-order valence-electron chi connectivity index (χ1n) is 8.38. The van der Waals surface area contributed by atoms with Crippen molar-refractivity contribution in [2.75, 3.05) is 15.8 Å². The molecule has 0 bridgehead atoms. The molecule has 3 N–H and O–H groups in total. The van der Waals surface area contributed by atoms with Gasteiger partial charge in [-0.15, -0.1) is 0 Å². The fourth-order valence-electron chi connectivity index (χ4n) is 2.26. The molecule has 1 rings (SSSR count). The van der Waals surface area contributed by atoms with Gasteiger partial charge in [-0.1, -0.05) is 39.0 Å². The van der Waals surface area contributed by atoms with Crippen LogP contribution in [-0.4, -0.2) is 25.2 Å². The van der Waals surface area contributed by atoms with Gasteiger partial charge in [0.25, 0.3) is 0 Å². The van der Waals surface area contributed by atoms with Crippen molar-refractivity contribution in [2.45, 2.75) is 51.9 Å². The molecular weight excluding hydrogens is 342 g/mol. The largest absolute Gasteiger partial charge is 0.506 e. The fraction of sp³-hybridized carbons (Fsp3) is 0.529. The number of benzene rings is 1. The molecule has 0 aliphatic carbocycles. The van der Waals surface area contributed by atoms with Crippen LogP contribution in [0.2, 0.25) is 0 Å². The second kappa shape index (κ2) is 10.6. The first-order chi connectivity index (χ1) is 11.9. The summed E-state index contributed by atoms with van der Waals surface area (Å²) in [5.74, 6) is -0.761. The van der Waals surface area contributed by atoms with E-state index in [4.69, 9.17) is 5.26 Å². The topological polar surface area (TPSA) is 119 Å². The summed E-state index contributed by atoms with van der Waals surface area (Å²) < 4.78 is 26.6. The molecule has 0 aliphatic rings. The van der Waals surface area contributed by atoms with Crippen LogP contribution in [0, 0.1) is 11.3 Å². The third-order valence-electron chi connectivity index (χ3n) is 3.55. The molecule has 0 spiro atoms. The number of unbranched alkanes of at least 4 members (excludes halogenated alkanes) is 5. The van der Waals surface area contributed by atoms with Crippen molar-refractivity contribution in [3.05, 3.63) is 18.2 Å². The molecule has 138 valence electrons. The van der Waals surface area contributed by atoms with Crippen molar-refractivity contribution >= 4 is 27.3 Å². The van der Waals surface area contributed by atoms with E-state index in [1.54, 1.807) is 6.07 Å². The summed E-state index contributed by atoms with van der Waals surface area (Å²) in [6.07, 6.45) is 5.50. The van der Waals surface area contributed by atoms with Crippen LogP contribution in [0.3, 0.4) is 0 Å². The van der Waals surface area contributed by atoms with Crippen LogP contribution in [0.15, 0.2) is 18.2 Å². The lowest BCUT2D eigenvalue weighted by atomic mass is 10.1. The predicted octanol–water partition coefficient (Wildman–Crippen LogP) is 3.35. The van der Waals surface area contributed by atoms with Gasteiger partial charge in [0.2, 0.25) is 15.9 Å². The van der Waals surface area contributed by atoms with E-state index in [-0.39, 0.29) is 23.6 Å². The van der Waals surface area contributed by atoms with Gasteiger partial charge < -0.3 is 10.4 Å². The number of sulfonamides is 1.